The van der Waals surface area contributed by atoms with Crippen molar-refractivity contribution < 1.29 is 18.1 Å². The highest BCUT2D eigenvalue weighted by atomic mass is 28.4. The second-order valence-electron chi connectivity index (χ2n) is 3.51. The Bertz CT molecular complexity index is 214. The molecule has 0 aliphatic carbocycles. The van der Waals surface area contributed by atoms with Crippen molar-refractivity contribution in [2.45, 2.75) is 39.7 Å². The minimum absolute atomic E-state index is 0.0531. The van der Waals surface area contributed by atoms with Gasteiger partial charge in [-0.1, -0.05) is 6.58 Å². The standard InChI is InChI=1S/C12H24O4Si/c1-5-12(13)10-9-11-17(14-6-2,15-7-3)16-8-4/h5H,1,6-11H2,2-4H3. The van der Waals surface area contributed by atoms with E-state index >= 15 is 0 Å². The summed E-state index contributed by atoms with van der Waals surface area (Å²) in [6.45, 7) is 10.9. The van der Waals surface area contributed by atoms with Crippen LogP contribution in [-0.4, -0.2) is 34.4 Å². The van der Waals surface area contributed by atoms with Gasteiger partial charge in [-0.2, -0.15) is 0 Å². The molecule has 0 heterocycles. The molecule has 0 N–H and O–H groups in total. The lowest BCUT2D eigenvalue weighted by Gasteiger charge is -2.28. The summed E-state index contributed by atoms with van der Waals surface area (Å²) in [6.07, 6.45) is 2.55. The van der Waals surface area contributed by atoms with Crippen LogP contribution in [0.25, 0.3) is 0 Å². The summed E-state index contributed by atoms with van der Waals surface area (Å²) in [6, 6.07) is 0.683. The first-order valence-corrected chi connectivity index (χ1v) is 8.14. The lowest BCUT2D eigenvalue weighted by Crippen LogP contribution is -2.45. The van der Waals surface area contributed by atoms with Crippen molar-refractivity contribution in [1.82, 2.24) is 0 Å². The summed E-state index contributed by atoms with van der Waals surface area (Å²) < 4.78 is 17.0. The van der Waals surface area contributed by atoms with Crippen LogP contribution in [0, 0.1) is 0 Å². The molecule has 0 saturated carbocycles. The van der Waals surface area contributed by atoms with Gasteiger partial charge in [0.25, 0.3) is 0 Å². The number of carbonyl (C=O) groups is 1. The van der Waals surface area contributed by atoms with E-state index in [1.165, 1.54) is 6.08 Å². The number of ketones is 1. The predicted molar refractivity (Wildman–Crippen MR) is 69.9 cm³/mol. The van der Waals surface area contributed by atoms with E-state index in [4.69, 9.17) is 13.3 Å². The van der Waals surface area contributed by atoms with E-state index in [0.29, 0.717) is 32.3 Å². The number of allylic oxidation sites excluding steroid dienone is 1. The molecule has 17 heavy (non-hydrogen) atoms. The van der Waals surface area contributed by atoms with E-state index in [2.05, 4.69) is 6.58 Å². The van der Waals surface area contributed by atoms with Gasteiger partial charge in [-0.25, -0.2) is 0 Å². The van der Waals surface area contributed by atoms with E-state index < -0.39 is 8.80 Å². The average molecular weight is 260 g/mol. The molecule has 0 saturated heterocycles. The predicted octanol–water partition coefficient (Wildman–Crippen LogP) is 2.57. The molecule has 0 fully saturated rings. The van der Waals surface area contributed by atoms with Gasteiger partial charge in [0.15, 0.2) is 5.78 Å². The van der Waals surface area contributed by atoms with Crippen LogP contribution >= 0.6 is 0 Å². The Hall–Kier alpha value is -0.493. The number of carbonyl (C=O) groups excluding carboxylic acids is 1. The van der Waals surface area contributed by atoms with Crippen LogP contribution in [-0.2, 0) is 18.1 Å². The van der Waals surface area contributed by atoms with Crippen LogP contribution in [0.3, 0.4) is 0 Å². The molecule has 0 amide bonds. The maximum absolute atomic E-state index is 11.1. The van der Waals surface area contributed by atoms with E-state index in [-0.39, 0.29) is 5.78 Å². The zero-order chi connectivity index (χ0) is 13.1. The summed E-state index contributed by atoms with van der Waals surface area (Å²) in [7, 11) is -2.56. The summed E-state index contributed by atoms with van der Waals surface area (Å²) in [4.78, 5) is 11.1. The molecule has 0 bridgehead atoms. The molecule has 0 rings (SSSR count). The SMILES string of the molecule is C=CC(=O)CCC[Si](OCC)(OCC)OCC. The molecule has 0 unspecified atom stereocenters. The molecule has 0 aliphatic heterocycles. The van der Waals surface area contributed by atoms with Gasteiger partial charge in [0.2, 0.25) is 0 Å². The van der Waals surface area contributed by atoms with Crippen LogP contribution in [0.1, 0.15) is 33.6 Å². The molecule has 0 aromatic rings. The number of hydrogen-bond donors (Lipinski definition) is 0. The van der Waals surface area contributed by atoms with Crippen molar-refractivity contribution in [1.29, 1.82) is 0 Å². The van der Waals surface area contributed by atoms with Crippen molar-refractivity contribution in [2.24, 2.45) is 0 Å². The maximum Gasteiger partial charge on any atom is 0.500 e. The van der Waals surface area contributed by atoms with Gasteiger partial charge in [0, 0.05) is 32.3 Å². The van der Waals surface area contributed by atoms with Crippen molar-refractivity contribution in [2.75, 3.05) is 19.8 Å². The lowest BCUT2D eigenvalue weighted by molar-refractivity contribution is -0.114. The van der Waals surface area contributed by atoms with Gasteiger partial charge in [-0.3, -0.25) is 4.79 Å². The number of hydrogen-bond acceptors (Lipinski definition) is 4. The highest BCUT2D eigenvalue weighted by Gasteiger charge is 2.39. The Morgan fingerprint density at radius 3 is 1.94 bits per heavy atom. The van der Waals surface area contributed by atoms with Crippen LogP contribution in [0.4, 0.5) is 0 Å². The summed E-state index contributed by atoms with van der Waals surface area (Å²) in [5, 5.41) is 0. The van der Waals surface area contributed by atoms with Gasteiger partial charge in [0.1, 0.15) is 0 Å². The Labute approximate surface area is 105 Å². The van der Waals surface area contributed by atoms with Gasteiger partial charge in [0.05, 0.1) is 0 Å². The molecule has 100 valence electrons. The molecule has 5 heteroatoms. The molecule has 0 aromatic heterocycles. The highest BCUT2D eigenvalue weighted by Crippen LogP contribution is 2.19. The smallest absolute Gasteiger partial charge is 0.374 e. The Kier molecular flexibility index (Phi) is 9.25. The first-order valence-electron chi connectivity index (χ1n) is 6.21. The normalized spacial score (nSPS) is 11.5. The molecular formula is C12H24O4Si. The topological polar surface area (TPSA) is 44.8 Å². The molecule has 0 aliphatic rings. The second-order valence-corrected chi connectivity index (χ2v) is 6.24. The van der Waals surface area contributed by atoms with Crippen molar-refractivity contribution in [3.05, 3.63) is 12.7 Å². The lowest BCUT2D eigenvalue weighted by atomic mass is 10.2. The van der Waals surface area contributed by atoms with Crippen LogP contribution in [0.2, 0.25) is 6.04 Å². The number of rotatable bonds is 11. The summed E-state index contributed by atoms with van der Waals surface area (Å²) in [5.41, 5.74) is 0. The Morgan fingerprint density at radius 2 is 1.59 bits per heavy atom. The fourth-order valence-electron chi connectivity index (χ4n) is 1.58. The van der Waals surface area contributed by atoms with Crippen molar-refractivity contribution in [3.63, 3.8) is 0 Å². The quantitative estimate of drug-likeness (QED) is 0.423. The summed E-state index contributed by atoms with van der Waals surface area (Å²) >= 11 is 0. The zero-order valence-corrected chi connectivity index (χ0v) is 12.2. The molecule has 0 aromatic carbocycles. The molecule has 0 spiro atoms. The highest BCUT2D eigenvalue weighted by molar-refractivity contribution is 6.60. The third-order valence-electron chi connectivity index (χ3n) is 2.23. The first-order chi connectivity index (χ1) is 8.14. The van der Waals surface area contributed by atoms with Gasteiger partial charge in [-0.15, -0.1) is 0 Å². The fraction of sp³-hybridized carbons (Fsp3) is 0.750. The molecular weight excluding hydrogens is 236 g/mol. The minimum Gasteiger partial charge on any atom is -0.374 e. The van der Waals surface area contributed by atoms with E-state index in [9.17, 15) is 4.79 Å². The van der Waals surface area contributed by atoms with Gasteiger partial charge in [-0.05, 0) is 33.3 Å². The molecule has 4 nitrogen and oxygen atoms in total. The van der Waals surface area contributed by atoms with Crippen LogP contribution in [0.15, 0.2) is 12.7 Å². The third kappa shape index (κ3) is 6.73. The van der Waals surface area contributed by atoms with Crippen LogP contribution < -0.4 is 0 Å². The fourth-order valence-corrected chi connectivity index (χ4v) is 4.19. The third-order valence-corrected chi connectivity index (χ3v) is 5.38. The van der Waals surface area contributed by atoms with Crippen molar-refractivity contribution >= 4 is 14.6 Å². The second kappa shape index (κ2) is 9.53. The Morgan fingerprint density at radius 1 is 1.12 bits per heavy atom. The maximum atomic E-state index is 11.1. The van der Waals surface area contributed by atoms with Gasteiger partial charge < -0.3 is 13.3 Å². The largest absolute Gasteiger partial charge is 0.500 e. The summed E-state index contributed by atoms with van der Waals surface area (Å²) in [5.74, 6) is 0.0531. The molecule has 0 atom stereocenters. The van der Waals surface area contributed by atoms with Crippen LogP contribution in [0.5, 0.6) is 0 Å². The van der Waals surface area contributed by atoms with E-state index in [1.54, 1.807) is 0 Å². The van der Waals surface area contributed by atoms with Gasteiger partial charge >= 0.3 is 8.80 Å². The monoisotopic (exact) mass is 260 g/mol. The zero-order valence-electron chi connectivity index (χ0n) is 11.2. The first kappa shape index (κ1) is 16.5. The van der Waals surface area contributed by atoms with E-state index in [0.717, 1.165) is 6.42 Å². The average Bonchev–Trinajstić information content (AvgIpc) is 2.30. The van der Waals surface area contributed by atoms with E-state index in [1.807, 2.05) is 20.8 Å². The van der Waals surface area contributed by atoms with Crippen molar-refractivity contribution in [3.8, 4) is 0 Å². The minimum atomic E-state index is -2.56. The Balaban J connectivity index is 4.32. The molecule has 0 radical (unpaired) electrons.